The van der Waals surface area contributed by atoms with E-state index >= 15 is 0 Å². The fourth-order valence-corrected chi connectivity index (χ4v) is 0.964. The Morgan fingerprint density at radius 1 is 1.64 bits per heavy atom. The quantitative estimate of drug-likeness (QED) is 0.775. The Kier molecular flexibility index (Phi) is 1.50. The van der Waals surface area contributed by atoms with E-state index in [1.54, 1.807) is 22.6 Å². The van der Waals surface area contributed by atoms with Gasteiger partial charge in [0, 0.05) is 10.5 Å². The van der Waals surface area contributed by atoms with Gasteiger partial charge >= 0.3 is 0 Å². The molecule has 1 aromatic rings. The fourth-order valence-electron chi connectivity index (χ4n) is 0.559. The van der Waals surface area contributed by atoms with Crippen LogP contribution in [0.3, 0.4) is 0 Å². The van der Waals surface area contributed by atoms with Gasteiger partial charge in [0.05, 0.1) is 11.2 Å². The summed E-state index contributed by atoms with van der Waals surface area (Å²) >= 11 is 1.78. The van der Waals surface area contributed by atoms with Crippen molar-refractivity contribution in [2.24, 2.45) is 0 Å². The normalized spacial score (nSPS) is 14.4. The molecule has 0 aliphatic carbocycles. The molecule has 0 heterocycles. The van der Waals surface area contributed by atoms with Gasteiger partial charge in [-0.2, -0.15) is 0 Å². The lowest BCUT2D eigenvalue weighted by molar-refractivity contribution is -0.114. The maximum atomic E-state index is 10.9. The molecule has 1 N–H and O–H groups in total. The maximum Gasteiger partial charge on any atom is 0.221 e. The van der Waals surface area contributed by atoms with E-state index in [0.29, 0.717) is 3.57 Å². The number of halogens is 1. The highest BCUT2D eigenvalue weighted by Crippen LogP contribution is 2.16. The summed E-state index contributed by atoms with van der Waals surface area (Å²) in [5, 5.41) is 2.39. The van der Waals surface area contributed by atoms with Crippen molar-refractivity contribution in [3.63, 3.8) is 0 Å². The zero-order valence-corrected chi connectivity index (χ0v) is 7.94. The van der Waals surface area contributed by atoms with Crippen LogP contribution in [0, 0.1) is 3.57 Å². The van der Waals surface area contributed by atoms with Crippen molar-refractivity contribution < 1.29 is 10.3 Å². The highest BCUT2D eigenvalue weighted by molar-refractivity contribution is 14.1. The predicted molar refractivity (Wildman–Crippen MR) is 53.5 cm³/mol. The van der Waals surface area contributed by atoms with Crippen LogP contribution in [0.1, 0.15) is 12.4 Å². The topological polar surface area (TPSA) is 29.1 Å². The monoisotopic (exact) mass is 265 g/mol. The highest BCUT2D eigenvalue weighted by Gasteiger charge is 1.97. The van der Waals surface area contributed by atoms with Crippen molar-refractivity contribution in [3.8, 4) is 0 Å². The van der Waals surface area contributed by atoms with Gasteiger partial charge < -0.3 is 5.32 Å². The Balaban J connectivity index is 3.45. The summed E-state index contributed by atoms with van der Waals surface area (Å²) < 4.78 is 30.2. The molecular weight excluding hydrogens is 253 g/mol. The lowest BCUT2D eigenvalue weighted by atomic mass is 10.3. The summed E-state index contributed by atoms with van der Waals surface area (Å²) in [5.41, 5.74) is 0.133. The van der Waals surface area contributed by atoms with E-state index in [0.717, 1.165) is 0 Å². The van der Waals surface area contributed by atoms with Gasteiger partial charge in [-0.1, -0.05) is 12.1 Å². The second kappa shape index (κ2) is 3.71. The molecule has 0 aromatic heterocycles. The first-order valence-corrected chi connectivity index (χ1v) is 3.97. The van der Waals surface area contributed by atoms with Crippen molar-refractivity contribution >= 4 is 34.2 Å². The van der Waals surface area contributed by atoms with Gasteiger partial charge in [0.1, 0.15) is 0 Å². The number of para-hydroxylation sites is 1. The van der Waals surface area contributed by atoms with Crippen molar-refractivity contribution in [2.45, 2.75) is 6.92 Å². The van der Waals surface area contributed by atoms with Crippen LogP contribution in [0.5, 0.6) is 0 Å². The molecule has 0 aliphatic heterocycles. The van der Waals surface area contributed by atoms with Crippen molar-refractivity contribution in [2.75, 3.05) is 5.32 Å². The van der Waals surface area contributed by atoms with Crippen LogP contribution < -0.4 is 5.32 Å². The first-order chi connectivity index (χ1) is 6.86. The lowest BCUT2D eigenvalue weighted by Crippen LogP contribution is -2.06. The van der Waals surface area contributed by atoms with Crippen LogP contribution in [0.15, 0.2) is 24.2 Å². The van der Waals surface area contributed by atoms with Crippen LogP contribution in [-0.2, 0) is 4.79 Å². The molecular formula is C8H8INO. The molecule has 0 unspecified atom stereocenters. The smallest absolute Gasteiger partial charge is 0.221 e. The second-order valence-corrected chi connectivity index (χ2v) is 2.95. The molecule has 1 rings (SSSR count). The molecule has 0 aliphatic rings. The number of carbonyl (C=O) groups excluding carboxylic acids is 1. The van der Waals surface area contributed by atoms with E-state index in [4.69, 9.17) is 5.48 Å². The van der Waals surface area contributed by atoms with Gasteiger partial charge in [-0.3, -0.25) is 4.79 Å². The van der Waals surface area contributed by atoms with Crippen LogP contribution in [0.4, 0.5) is 5.69 Å². The molecule has 0 saturated heterocycles. The number of amides is 1. The molecule has 3 heteroatoms. The minimum atomic E-state index is -0.363. The average Bonchev–Trinajstić information content (AvgIpc) is 2.18. The van der Waals surface area contributed by atoms with E-state index in [2.05, 4.69) is 5.32 Å². The van der Waals surface area contributed by atoms with Crippen molar-refractivity contribution in [3.05, 3.63) is 27.7 Å². The summed E-state index contributed by atoms with van der Waals surface area (Å²) in [6.07, 6.45) is 0. The third-order valence-corrected chi connectivity index (χ3v) is 1.75. The molecule has 0 spiro atoms. The van der Waals surface area contributed by atoms with E-state index in [1.807, 2.05) is 0 Å². The van der Waals surface area contributed by atoms with E-state index in [9.17, 15) is 4.79 Å². The highest BCUT2D eigenvalue weighted by atomic mass is 127. The number of benzene rings is 1. The maximum absolute atomic E-state index is 10.9. The molecule has 0 saturated carbocycles. The Bertz CT molecular complexity index is 406. The summed E-state index contributed by atoms with van der Waals surface area (Å²) in [4.78, 5) is 10.9. The Hall–Kier alpha value is -0.580. The summed E-state index contributed by atoms with van der Waals surface area (Å²) in [5.74, 6) is -0.363. The van der Waals surface area contributed by atoms with E-state index in [1.165, 1.54) is 6.92 Å². The number of anilines is 1. The Morgan fingerprint density at radius 3 is 2.91 bits per heavy atom. The first-order valence-electron chi connectivity index (χ1n) is 4.89. The summed E-state index contributed by atoms with van der Waals surface area (Å²) in [6, 6.07) is -1.00. The first kappa shape index (κ1) is 4.45. The second-order valence-electron chi connectivity index (χ2n) is 1.87. The number of hydrogen-bond donors (Lipinski definition) is 1. The van der Waals surface area contributed by atoms with E-state index in [-0.39, 0.29) is 35.8 Å². The van der Waals surface area contributed by atoms with Gasteiger partial charge in [0.15, 0.2) is 0 Å². The van der Waals surface area contributed by atoms with Crippen LogP contribution in [0.2, 0.25) is 0 Å². The minimum Gasteiger partial charge on any atom is -0.325 e. The van der Waals surface area contributed by atoms with Crippen molar-refractivity contribution in [1.82, 2.24) is 0 Å². The van der Waals surface area contributed by atoms with Gasteiger partial charge in [0.2, 0.25) is 5.91 Å². The van der Waals surface area contributed by atoms with Crippen LogP contribution in [0.25, 0.3) is 0 Å². The molecule has 58 valence electrons. The van der Waals surface area contributed by atoms with Crippen LogP contribution >= 0.6 is 22.6 Å². The fraction of sp³-hybridized carbons (Fsp3) is 0.125. The number of carbonyl (C=O) groups is 1. The van der Waals surface area contributed by atoms with Gasteiger partial charge in [-0.25, -0.2) is 0 Å². The molecule has 0 fully saturated rings. The largest absolute Gasteiger partial charge is 0.325 e. The molecule has 0 radical (unpaired) electrons. The minimum absolute atomic E-state index is 0.133. The SMILES string of the molecule is [2H]c1c([2H])c([2H])c(NC(C)=O)c(I)c1[2H]. The van der Waals surface area contributed by atoms with Gasteiger partial charge in [0.25, 0.3) is 0 Å². The van der Waals surface area contributed by atoms with E-state index < -0.39 is 0 Å². The molecule has 2 nitrogen and oxygen atoms in total. The molecule has 1 amide bonds. The zero-order chi connectivity index (χ0) is 11.7. The lowest BCUT2D eigenvalue weighted by Gasteiger charge is -2.02. The third-order valence-electron chi connectivity index (χ3n) is 0.943. The van der Waals surface area contributed by atoms with Crippen LogP contribution in [-0.4, -0.2) is 5.91 Å². The van der Waals surface area contributed by atoms with Gasteiger partial charge in [-0.15, -0.1) is 0 Å². The molecule has 0 atom stereocenters. The zero-order valence-electron chi connectivity index (χ0n) is 9.79. The number of rotatable bonds is 1. The molecule has 1 aromatic carbocycles. The molecule has 0 bridgehead atoms. The number of hydrogen-bond acceptors (Lipinski definition) is 1. The summed E-state index contributed by atoms with van der Waals surface area (Å²) in [6.45, 7) is 1.29. The molecule has 11 heavy (non-hydrogen) atoms. The predicted octanol–water partition coefficient (Wildman–Crippen LogP) is 2.25. The Labute approximate surface area is 84.8 Å². The van der Waals surface area contributed by atoms with Crippen molar-refractivity contribution in [1.29, 1.82) is 0 Å². The standard InChI is InChI=1S/C8H8INO/c1-6(11)10-8-5-3-2-4-7(8)9/h2-5H,1H3,(H,10,11)/i2D,3D,4D,5D. The summed E-state index contributed by atoms with van der Waals surface area (Å²) in [7, 11) is 0. The Morgan fingerprint density at radius 2 is 2.27 bits per heavy atom. The third kappa shape index (κ3) is 2.49. The van der Waals surface area contributed by atoms with Gasteiger partial charge in [-0.05, 0) is 34.7 Å². The number of nitrogens with one attached hydrogen (secondary N) is 1. The average molecular weight is 265 g/mol.